The Morgan fingerprint density at radius 3 is 2.37 bits per heavy atom. The zero-order chi connectivity index (χ0) is 21.6. The third kappa shape index (κ3) is 5.09. The van der Waals surface area contributed by atoms with Crippen LogP contribution in [0.3, 0.4) is 0 Å². The summed E-state index contributed by atoms with van der Waals surface area (Å²) in [5.74, 6) is 1.01. The SMILES string of the molecule is CCOc1ccc(NS(=O)(=O)c2ccc(N=Cc3cccc(OC)c3O)cc2)cc1. The lowest BCUT2D eigenvalue weighted by atomic mass is 10.2. The van der Waals surface area contributed by atoms with Gasteiger partial charge in [-0.2, -0.15) is 0 Å². The maximum atomic E-state index is 12.6. The van der Waals surface area contributed by atoms with Crippen LogP contribution < -0.4 is 14.2 Å². The number of nitrogens with zero attached hydrogens (tertiary/aromatic N) is 1. The van der Waals surface area contributed by atoms with E-state index in [1.165, 1.54) is 25.5 Å². The lowest BCUT2D eigenvalue weighted by Crippen LogP contribution is -2.12. The minimum atomic E-state index is -3.74. The second-order valence-corrected chi connectivity index (χ2v) is 7.90. The van der Waals surface area contributed by atoms with Crippen LogP contribution in [0.25, 0.3) is 0 Å². The minimum Gasteiger partial charge on any atom is -0.504 e. The molecule has 2 N–H and O–H groups in total. The minimum absolute atomic E-state index is 0.0116. The monoisotopic (exact) mass is 426 g/mol. The van der Waals surface area contributed by atoms with Gasteiger partial charge in [-0.15, -0.1) is 0 Å². The Labute approximate surface area is 175 Å². The molecule has 0 atom stereocenters. The van der Waals surface area contributed by atoms with E-state index in [9.17, 15) is 13.5 Å². The van der Waals surface area contributed by atoms with Crippen LogP contribution in [0, 0.1) is 0 Å². The number of anilines is 1. The van der Waals surface area contributed by atoms with Crippen molar-refractivity contribution in [1.82, 2.24) is 0 Å². The Hall–Kier alpha value is -3.52. The molecule has 0 aromatic heterocycles. The predicted molar refractivity (Wildman–Crippen MR) is 117 cm³/mol. The molecule has 0 aliphatic rings. The molecule has 0 fully saturated rings. The zero-order valence-corrected chi connectivity index (χ0v) is 17.4. The van der Waals surface area contributed by atoms with Crippen LogP contribution in [-0.4, -0.2) is 33.5 Å². The Morgan fingerprint density at radius 2 is 1.73 bits per heavy atom. The number of aromatic hydroxyl groups is 1. The van der Waals surface area contributed by atoms with Crippen LogP contribution in [-0.2, 0) is 10.0 Å². The highest BCUT2D eigenvalue weighted by atomic mass is 32.2. The van der Waals surface area contributed by atoms with Crippen molar-refractivity contribution in [2.75, 3.05) is 18.4 Å². The maximum Gasteiger partial charge on any atom is 0.261 e. The molecule has 0 saturated carbocycles. The Balaban J connectivity index is 1.73. The molecule has 0 heterocycles. The van der Waals surface area contributed by atoms with Gasteiger partial charge in [-0.3, -0.25) is 9.71 Å². The summed E-state index contributed by atoms with van der Waals surface area (Å²) in [6.45, 7) is 2.42. The molecule has 30 heavy (non-hydrogen) atoms. The van der Waals surface area contributed by atoms with Crippen LogP contribution in [0.15, 0.2) is 76.6 Å². The van der Waals surface area contributed by atoms with Gasteiger partial charge in [0.2, 0.25) is 0 Å². The van der Waals surface area contributed by atoms with E-state index in [4.69, 9.17) is 9.47 Å². The second kappa shape index (κ2) is 9.32. The first-order chi connectivity index (χ1) is 14.4. The molecule has 7 nitrogen and oxygen atoms in total. The molecule has 0 spiro atoms. The number of sulfonamides is 1. The van der Waals surface area contributed by atoms with Crippen molar-refractivity contribution < 1.29 is 23.0 Å². The Morgan fingerprint density at radius 1 is 1.03 bits per heavy atom. The molecule has 0 unspecified atom stereocenters. The van der Waals surface area contributed by atoms with Gasteiger partial charge in [-0.1, -0.05) is 6.07 Å². The normalized spacial score (nSPS) is 11.4. The highest BCUT2D eigenvalue weighted by molar-refractivity contribution is 7.92. The summed E-state index contributed by atoms with van der Waals surface area (Å²) in [7, 11) is -2.27. The summed E-state index contributed by atoms with van der Waals surface area (Å²) >= 11 is 0. The van der Waals surface area contributed by atoms with Crippen molar-refractivity contribution >= 4 is 27.6 Å². The molecule has 0 bridgehead atoms. The Bertz CT molecular complexity index is 1130. The van der Waals surface area contributed by atoms with Gasteiger partial charge in [0.1, 0.15) is 5.75 Å². The standard InChI is InChI=1S/C22H22N2O5S/c1-3-29-19-11-7-18(8-12-19)24-30(26,27)20-13-9-17(10-14-20)23-15-16-5-4-6-21(28-2)22(16)25/h4-15,24-25H,3H2,1-2H3. The summed E-state index contributed by atoms with van der Waals surface area (Å²) in [4.78, 5) is 4.39. The first kappa shape index (κ1) is 21.2. The van der Waals surface area contributed by atoms with Gasteiger partial charge in [-0.25, -0.2) is 8.42 Å². The molecule has 3 rings (SSSR count). The molecular weight excluding hydrogens is 404 g/mol. The molecule has 8 heteroatoms. The third-order valence-corrected chi connectivity index (χ3v) is 5.56. The second-order valence-electron chi connectivity index (χ2n) is 6.21. The summed E-state index contributed by atoms with van der Waals surface area (Å²) in [5.41, 5.74) is 1.47. The first-order valence-electron chi connectivity index (χ1n) is 9.18. The summed E-state index contributed by atoms with van der Waals surface area (Å²) in [5, 5.41) is 10.1. The van der Waals surface area contributed by atoms with Gasteiger partial charge in [0.15, 0.2) is 11.5 Å². The number of phenols is 1. The highest BCUT2D eigenvalue weighted by Gasteiger charge is 2.14. The lowest BCUT2D eigenvalue weighted by Gasteiger charge is -2.09. The maximum absolute atomic E-state index is 12.6. The van der Waals surface area contributed by atoms with Crippen LogP contribution in [0.1, 0.15) is 12.5 Å². The smallest absolute Gasteiger partial charge is 0.261 e. The van der Waals surface area contributed by atoms with Gasteiger partial charge in [0.05, 0.1) is 24.3 Å². The molecule has 156 valence electrons. The van der Waals surface area contributed by atoms with Gasteiger partial charge in [0, 0.05) is 17.5 Å². The molecule has 3 aromatic rings. The van der Waals surface area contributed by atoms with Crippen molar-refractivity contribution in [3.8, 4) is 17.2 Å². The van der Waals surface area contributed by atoms with Crippen LogP contribution >= 0.6 is 0 Å². The van der Waals surface area contributed by atoms with Crippen molar-refractivity contribution in [1.29, 1.82) is 0 Å². The van der Waals surface area contributed by atoms with Crippen LogP contribution in [0.4, 0.5) is 11.4 Å². The molecule has 3 aromatic carbocycles. The van der Waals surface area contributed by atoms with Gasteiger partial charge in [-0.05, 0) is 67.6 Å². The summed E-state index contributed by atoms with van der Waals surface area (Å²) in [6, 6.07) is 17.9. The van der Waals surface area contributed by atoms with Crippen LogP contribution in [0.5, 0.6) is 17.2 Å². The number of phenolic OH excluding ortho intramolecular Hbond substituents is 1. The molecule has 0 radical (unpaired) electrons. The number of ether oxygens (including phenoxy) is 2. The molecule has 0 aliphatic carbocycles. The van der Waals surface area contributed by atoms with Crippen molar-refractivity contribution in [3.05, 3.63) is 72.3 Å². The molecule has 0 aliphatic heterocycles. The quantitative estimate of drug-likeness (QED) is 0.522. The number of hydrogen-bond acceptors (Lipinski definition) is 6. The molecule has 0 amide bonds. The largest absolute Gasteiger partial charge is 0.504 e. The number of methoxy groups -OCH3 is 1. The topological polar surface area (TPSA) is 97.2 Å². The van der Waals surface area contributed by atoms with E-state index < -0.39 is 10.0 Å². The van der Waals surface area contributed by atoms with E-state index in [1.807, 2.05) is 6.92 Å². The zero-order valence-electron chi connectivity index (χ0n) is 16.6. The van der Waals surface area contributed by atoms with E-state index in [1.54, 1.807) is 54.6 Å². The number of benzene rings is 3. The fourth-order valence-electron chi connectivity index (χ4n) is 2.66. The Kier molecular flexibility index (Phi) is 6.58. The fourth-order valence-corrected chi connectivity index (χ4v) is 3.72. The highest BCUT2D eigenvalue weighted by Crippen LogP contribution is 2.28. The molecule has 0 saturated heterocycles. The number of hydrogen-bond donors (Lipinski definition) is 2. The average molecular weight is 426 g/mol. The van der Waals surface area contributed by atoms with E-state index in [0.717, 1.165) is 0 Å². The summed E-state index contributed by atoms with van der Waals surface area (Å²) < 4.78 is 38.1. The fraction of sp³-hybridized carbons (Fsp3) is 0.136. The summed E-state index contributed by atoms with van der Waals surface area (Å²) in [6.07, 6.45) is 1.49. The number of nitrogens with one attached hydrogen (secondary N) is 1. The van der Waals surface area contributed by atoms with Gasteiger partial charge < -0.3 is 14.6 Å². The van der Waals surface area contributed by atoms with Gasteiger partial charge in [0.25, 0.3) is 10.0 Å². The van der Waals surface area contributed by atoms with E-state index in [2.05, 4.69) is 9.71 Å². The average Bonchev–Trinajstić information content (AvgIpc) is 2.75. The van der Waals surface area contributed by atoms with Crippen molar-refractivity contribution in [3.63, 3.8) is 0 Å². The van der Waals surface area contributed by atoms with E-state index in [-0.39, 0.29) is 10.6 Å². The van der Waals surface area contributed by atoms with Crippen molar-refractivity contribution in [2.24, 2.45) is 4.99 Å². The van der Waals surface area contributed by atoms with Crippen molar-refractivity contribution in [2.45, 2.75) is 11.8 Å². The first-order valence-corrected chi connectivity index (χ1v) is 10.7. The number of para-hydroxylation sites is 1. The predicted octanol–water partition coefficient (Wildman–Crippen LogP) is 4.35. The van der Waals surface area contributed by atoms with Gasteiger partial charge >= 0.3 is 0 Å². The lowest BCUT2D eigenvalue weighted by molar-refractivity contribution is 0.340. The third-order valence-electron chi connectivity index (χ3n) is 4.17. The molecular formula is C22H22N2O5S. The number of rotatable bonds is 8. The van der Waals surface area contributed by atoms with E-state index >= 15 is 0 Å². The van der Waals surface area contributed by atoms with Crippen LogP contribution in [0.2, 0.25) is 0 Å². The number of aliphatic imine (C=N–C) groups is 1. The van der Waals surface area contributed by atoms with E-state index in [0.29, 0.717) is 35.0 Å².